The molecule has 1 aromatic rings. The fraction of sp³-hybridized carbons (Fsp3) is 0.462. The van der Waals surface area contributed by atoms with Crippen LogP contribution >= 0.6 is 10.7 Å². The van der Waals surface area contributed by atoms with Crippen molar-refractivity contribution in [2.75, 3.05) is 13.2 Å². The molecule has 5 nitrogen and oxygen atoms in total. The van der Waals surface area contributed by atoms with E-state index in [0.717, 1.165) is 5.56 Å². The topological polar surface area (TPSA) is 69.7 Å². The van der Waals surface area contributed by atoms with Gasteiger partial charge < -0.3 is 9.47 Å². The van der Waals surface area contributed by atoms with Crippen molar-refractivity contribution in [1.82, 2.24) is 0 Å². The molecule has 0 radical (unpaired) electrons. The summed E-state index contributed by atoms with van der Waals surface area (Å²) in [6.07, 6.45) is 0.970. The number of aryl methyl sites for hydroxylation is 1. The standard InChI is InChI=1S/C13H15ClO5S/c1-2-9-3-4-11(20(14,16)17)7-12(9)13(15)19-10-5-6-18-8-10/h3-4,7,10H,2,5-6,8H2,1H3. The van der Waals surface area contributed by atoms with Gasteiger partial charge in [-0.05, 0) is 24.1 Å². The van der Waals surface area contributed by atoms with E-state index in [1.54, 1.807) is 6.07 Å². The van der Waals surface area contributed by atoms with Crippen LogP contribution in [0.1, 0.15) is 29.3 Å². The van der Waals surface area contributed by atoms with Crippen molar-refractivity contribution in [3.05, 3.63) is 29.3 Å². The molecule has 0 spiro atoms. The molecule has 20 heavy (non-hydrogen) atoms. The molecule has 0 N–H and O–H groups in total. The summed E-state index contributed by atoms with van der Waals surface area (Å²) >= 11 is 0. The Morgan fingerprint density at radius 3 is 2.80 bits per heavy atom. The zero-order valence-electron chi connectivity index (χ0n) is 11.0. The fourth-order valence-corrected chi connectivity index (χ4v) is 2.80. The minimum Gasteiger partial charge on any atom is -0.456 e. The van der Waals surface area contributed by atoms with Gasteiger partial charge in [-0.25, -0.2) is 13.2 Å². The zero-order valence-corrected chi connectivity index (χ0v) is 12.5. The van der Waals surface area contributed by atoms with E-state index >= 15 is 0 Å². The van der Waals surface area contributed by atoms with Crippen molar-refractivity contribution >= 4 is 25.7 Å². The van der Waals surface area contributed by atoms with E-state index in [2.05, 4.69) is 0 Å². The number of rotatable bonds is 4. The van der Waals surface area contributed by atoms with Crippen LogP contribution < -0.4 is 0 Å². The molecule has 2 rings (SSSR count). The first-order valence-corrected chi connectivity index (χ1v) is 8.59. The van der Waals surface area contributed by atoms with Crippen LogP contribution in [0, 0.1) is 0 Å². The summed E-state index contributed by atoms with van der Waals surface area (Å²) < 4.78 is 33.1. The number of carbonyl (C=O) groups is 1. The van der Waals surface area contributed by atoms with E-state index in [9.17, 15) is 13.2 Å². The molecule has 1 saturated heterocycles. The number of hydrogen-bond acceptors (Lipinski definition) is 5. The first-order valence-electron chi connectivity index (χ1n) is 6.28. The van der Waals surface area contributed by atoms with Crippen LogP contribution in [0.25, 0.3) is 0 Å². The van der Waals surface area contributed by atoms with Crippen molar-refractivity contribution in [3.63, 3.8) is 0 Å². The van der Waals surface area contributed by atoms with Gasteiger partial charge in [0.25, 0.3) is 9.05 Å². The number of benzene rings is 1. The third-order valence-electron chi connectivity index (χ3n) is 3.13. The van der Waals surface area contributed by atoms with Crippen LogP contribution in [-0.4, -0.2) is 33.7 Å². The van der Waals surface area contributed by atoms with Crippen molar-refractivity contribution in [2.45, 2.75) is 30.8 Å². The second-order valence-electron chi connectivity index (χ2n) is 4.50. The average Bonchev–Trinajstić information content (AvgIpc) is 2.89. The highest BCUT2D eigenvalue weighted by Crippen LogP contribution is 2.22. The molecule has 1 aromatic carbocycles. The molecule has 0 amide bonds. The Hall–Kier alpha value is -1.11. The van der Waals surface area contributed by atoms with E-state index < -0.39 is 15.0 Å². The lowest BCUT2D eigenvalue weighted by Gasteiger charge is -2.13. The average molecular weight is 319 g/mol. The van der Waals surface area contributed by atoms with Gasteiger partial charge in [0.1, 0.15) is 6.10 Å². The van der Waals surface area contributed by atoms with E-state index in [-0.39, 0.29) is 16.6 Å². The Balaban J connectivity index is 2.29. The molecule has 110 valence electrons. The number of hydrogen-bond donors (Lipinski definition) is 0. The van der Waals surface area contributed by atoms with Gasteiger partial charge in [-0.2, -0.15) is 0 Å². The molecule has 0 aliphatic carbocycles. The minimum absolute atomic E-state index is 0.106. The summed E-state index contributed by atoms with van der Waals surface area (Å²) in [4.78, 5) is 12.0. The first-order chi connectivity index (χ1) is 9.41. The molecule has 0 saturated carbocycles. The monoisotopic (exact) mass is 318 g/mol. The SMILES string of the molecule is CCc1ccc(S(=O)(=O)Cl)cc1C(=O)OC1CCOC1. The summed E-state index contributed by atoms with van der Waals surface area (Å²) in [6.45, 7) is 2.81. The maximum absolute atomic E-state index is 12.1. The van der Waals surface area contributed by atoms with Crippen LogP contribution in [-0.2, 0) is 24.9 Å². The third kappa shape index (κ3) is 3.50. The molecule has 0 bridgehead atoms. The molecule has 1 aliphatic heterocycles. The largest absolute Gasteiger partial charge is 0.456 e. The van der Waals surface area contributed by atoms with Crippen LogP contribution in [0.4, 0.5) is 0 Å². The van der Waals surface area contributed by atoms with Gasteiger partial charge in [-0.3, -0.25) is 0 Å². The predicted molar refractivity (Wildman–Crippen MR) is 73.5 cm³/mol. The van der Waals surface area contributed by atoms with Crippen LogP contribution in [0.15, 0.2) is 23.1 Å². The van der Waals surface area contributed by atoms with Gasteiger partial charge in [0, 0.05) is 17.1 Å². The van der Waals surface area contributed by atoms with Gasteiger partial charge in [0.2, 0.25) is 0 Å². The lowest BCUT2D eigenvalue weighted by Crippen LogP contribution is -2.19. The number of ether oxygens (including phenoxy) is 2. The van der Waals surface area contributed by atoms with Crippen molar-refractivity contribution in [2.24, 2.45) is 0 Å². The highest BCUT2D eigenvalue weighted by Gasteiger charge is 2.23. The normalized spacial score (nSPS) is 19.0. The number of carbonyl (C=O) groups excluding carboxylic acids is 1. The van der Waals surface area contributed by atoms with Crippen molar-refractivity contribution in [1.29, 1.82) is 0 Å². The molecular weight excluding hydrogens is 304 g/mol. The minimum atomic E-state index is -3.87. The highest BCUT2D eigenvalue weighted by atomic mass is 35.7. The van der Waals surface area contributed by atoms with Crippen LogP contribution in [0.2, 0.25) is 0 Å². The lowest BCUT2D eigenvalue weighted by molar-refractivity contribution is 0.0269. The smallest absolute Gasteiger partial charge is 0.338 e. The fourth-order valence-electron chi connectivity index (χ4n) is 2.03. The molecule has 7 heteroatoms. The van der Waals surface area contributed by atoms with Crippen molar-refractivity contribution < 1.29 is 22.7 Å². The third-order valence-corrected chi connectivity index (χ3v) is 4.48. The van der Waals surface area contributed by atoms with Gasteiger partial charge in [-0.1, -0.05) is 13.0 Å². The Bertz CT molecular complexity index is 605. The summed E-state index contributed by atoms with van der Waals surface area (Å²) in [5.41, 5.74) is 0.958. The van der Waals surface area contributed by atoms with E-state index in [4.69, 9.17) is 20.2 Å². The highest BCUT2D eigenvalue weighted by molar-refractivity contribution is 8.13. The maximum Gasteiger partial charge on any atom is 0.338 e. The Morgan fingerprint density at radius 2 is 2.25 bits per heavy atom. The molecular formula is C13H15ClO5S. The molecule has 1 aliphatic rings. The van der Waals surface area contributed by atoms with Gasteiger partial charge in [0.15, 0.2) is 0 Å². The van der Waals surface area contributed by atoms with E-state index in [1.807, 2.05) is 6.92 Å². The van der Waals surface area contributed by atoms with Crippen LogP contribution in [0.3, 0.4) is 0 Å². The van der Waals surface area contributed by atoms with Gasteiger partial charge >= 0.3 is 5.97 Å². The Kier molecular flexibility index (Phi) is 4.67. The zero-order chi connectivity index (χ0) is 14.8. The summed E-state index contributed by atoms with van der Waals surface area (Å²) in [7, 11) is 1.43. The van der Waals surface area contributed by atoms with E-state index in [0.29, 0.717) is 26.1 Å². The quantitative estimate of drug-likeness (QED) is 0.628. The molecule has 0 aromatic heterocycles. The molecule has 1 heterocycles. The van der Waals surface area contributed by atoms with Crippen LogP contribution in [0.5, 0.6) is 0 Å². The molecule has 1 fully saturated rings. The second-order valence-corrected chi connectivity index (χ2v) is 7.07. The first kappa shape index (κ1) is 15.3. The lowest BCUT2D eigenvalue weighted by atomic mass is 10.1. The summed E-state index contributed by atoms with van der Waals surface area (Å²) in [5.74, 6) is -0.542. The maximum atomic E-state index is 12.1. The Labute approximate surface area is 122 Å². The van der Waals surface area contributed by atoms with Crippen molar-refractivity contribution in [3.8, 4) is 0 Å². The number of halogens is 1. The Morgan fingerprint density at radius 1 is 1.50 bits per heavy atom. The molecule has 1 unspecified atom stereocenters. The predicted octanol–water partition coefficient (Wildman–Crippen LogP) is 2.12. The summed E-state index contributed by atoms with van der Waals surface area (Å²) in [5, 5.41) is 0. The molecule has 1 atom stereocenters. The number of esters is 1. The van der Waals surface area contributed by atoms with E-state index in [1.165, 1.54) is 12.1 Å². The van der Waals surface area contributed by atoms with Gasteiger partial charge in [0.05, 0.1) is 23.7 Å². The second kappa shape index (κ2) is 6.11. The summed E-state index contributed by atoms with van der Waals surface area (Å²) in [6, 6.07) is 4.23. The van der Waals surface area contributed by atoms with Gasteiger partial charge in [-0.15, -0.1) is 0 Å².